The summed E-state index contributed by atoms with van der Waals surface area (Å²) >= 11 is 0. The number of nitrogens with one attached hydrogen (secondary N) is 1. The normalized spacial score (nSPS) is 17.7. The Morgan fingerprint density at radius 2 is 2.04 bits per heavy atom. The number of rotatable bonds is 2. The van der Waals surface area contributed by atoms with E-state index in [1.165, 1.54) is 4.57 Å². The largest absolute Gasteiger partial charge is 0.444 e. The number of fused-ring (bicyclic) bond motifs is 1. The molecule has 6 heteroatoms. The Labute approximate surface area is 153 Å². The first-order valence-electron chi connectivity index (χ1n) is 8.83. The standard InChI is InChI=1S/C20H25N3O3/c1-20(2,3)26-19(25)22-14-7-4-6-13(12-14)15-8-5-9-17-16(15)10-11-23(17)18(21)24/h5-6,8-11,14H,4,7,12H2,1-3H3,(H2,21,24)(H,22,25). The van der Waals surface area contributed by atoms with Crippen LogP contribution in [-0.2, 0) is 4.74 Å². The van der Waals surface area contributed by atoms with E-state index in [2.05, 4.69) is 11.4 Å². The summed E-state index contributed by atoms with van der Waals surface area (Å²) in [6, 6.07) is 7.26. The lowest BCUT2D eigenvalue weighted by atomic mass is 9.89. The van der Waals surface area contributed by atoms with E-state index in [9.17, 15) is 9.59 Å². The summed E-state index contributed by atoms with van der Waals surface area (Å²) in [4.78, 5) is 23.6. The Balaban J connectivity index is 1.80. The molecular formula is C20H25N3O3. The average molecular weight is 355 g/mol. The number of alkyl carbamates (subject to hydrolysis) is 1. The van der Waals surface area contributed by atoms with Crippen LogP contribution >= 0.6 is 0 Å². The zero-order valence-electron chi connectivity index (χ0n) is 15.4. The predicted octanol–water partition coefficient (Wildman–Crippen LogP) is 4.03. The van der Waals surface area contributed by atoms with Crippen LogP contribution < -0.4 is 11.1 Å². The number of carbonyl (C=O) groups excluding carboxylic acids is 2. The Bertz CT molecular complexity index is 874. The topological polar surface area (TPSA) is 86.3 Å². The molecule has 1 aromatic heterocycles. The molecule has 3 N–H and O–H groups in total. The molecule has 0 saturated heterocycles. The van der Waals surface area contributed by atoms with Gasteiger partial charge in [-0.05, 0) is 63.3 Å². The lowest BCUT2D eigenvalue weighted by Crippen LogP contribution is -2.39. The van der Waals surface area contributed by atoms with Crippen LogP contribution in [0.2, 0.25) is 0 Å². The highest BCUT2D eigenvalue weighted by atomic mass is 16.6. The molecular weight excluding hydrogens is 330 g/mol. The second-order valence-electron chi connectivity index (χ2n) is 7.62. The molecule has 1 heterocycles. The highest BCUT2D eigenvalue weighted by molar-refractivity contribution is 5.97. The number of primary amides is 1. The minimum Gasteiger partial charge on any atom is -0.444 e. The Morgan fingerprint density at radius 3 is 2.73 bits per heavy atom. The fourth-order valence-corrected chi connectivity index (χ4v) is 3.37. The molecule has 0 radical (unpaired) electrons. The van der Waals surface area contributed by atoms with Crippen molar-refractivity contribution in [3.63, 3.8) is 0 Å². The number of aromatic nitrogens is 1. The third-order valence-electron chi connectivity index (χ3n) is 4.41. The molecule has 0 spiro atoms. The third kappa shape index (κ3) is 3.90. The minimum atomic E-state index is -0.513. The van der Waals surface area contributed by atoms with Gasteiger partial charge in [0, 0.05) is 17.6 Å². The van der Waals surface area contributed by atoms with Crippen LogP contribution in [0.3, 0.4) is 0 Å². The van der Waals surface area contributed by atoms with Crippen LogP contribution in [0, 0.1) is 0 Å². The highest BCUT2D eigenvalue weighted by Crippen LogP contribution is 2.32. The number of ether oxygens (including phenoxy) is 1. The van der Waals surface area contributed by atoms with Crippen molar-refractivity contribution in [1.29, 1.82) is 0 Å². The number of hydrogen-bond acceptors (Lipinski definition) is 3. The van der Waals surface area contributed by atoms with Crippen LogP contribution in [0.15, 0.2) is 36.5 Å². The number of benzene rings is 1. The van der Waals surface area contributed by atoms with E-state index in [-0.39, 0.29) is 12.1 Å². The maximum absolute atomic E-state index is 12.1. The molecule has 0 aliphatic heterocycles. The van der Waals surface area contributed by atoms with Gasteiger partial charge in [-0.1, -0.05) is 18.2 Å². The maximum Gasteiger partial charge on any atom is 0.407 e. The van der Waals surface area contributed by atoms with Crippen molar-refractivity contribution < 1.29 is 14.3 Å². The second-order valence-corrected chi connectivity index (χ2v) is 7.62. The fraction of sp³-hybridized carbons (Fsp3) is 0.400. The number of carbonyl (C=O) groups is 2. The molecule has 0 bridgehead atoms. The fourth-order valence-electron chi connectivity index (χ4n) is 3.37. The molecule has 0 saturated carbocycles. The zero-order chi connectivity index (χ0) is 18.9. The summed E-state index contributed by atoms with van der Waals surface area (Å²) in [5, 5.41) is 3.95. The van der Waals surface area contributed by atoms with Crippen molar-refractivity contribution in [1.82, 2.24) is 9.88 Å². The number of hydrogen-bond donors (Lipinski definition) is 2. The van der Waals surface area contributed by atoms with E-state index in [1.54, 1.807) is 6.20 Å². The van der Waals surface area contributed by atoms with Gasteiger partial charge < -0.3 is 15.8 Å². The summed E-state index contributed by atoms with van der Waals surface area (Å²) in [5.41, 5.74) is 7.93. The van der Waals surface area contributed by atoms with Gasteiger partial charge in [0.05, 0.1) is 5.52 Å². The summed E-state index contributed by atoms with van der Waals surface area (Å²) < 4.78 is 6.80. The molecule has 1 aliphatic carbocycles. The van der Waals surface area contributed by atoms with Crippen LogP contribution in [0.5, 0.6) is 0 Å². The Morgan fingerprint density at radius 1 is 1.27 bits per heavy atom. The molecule has 26 heavy (non-hydrogen) atoms. The van der Waals surface area contributed by atoms with E-state index in [0.29, 0.717) is 0 Å². The third-order valence-corrected chi connectivity index (χ3v) is 4.41. The monoisotopic (exact) mass is 355 g/mol. The van der Waals surface area contributed by atoms with Gasteiger partial charge in [-0.2, -0.15) is 0 Å². The molecule has 138 valence electrons. The molecule has 1 aromatic carbocycles. The first-order valence-corrected chi connectivity index (χ1v) is 8.83. The van der Waals surface area contributed by atoms with Gasteiger partial charge in [-0.25, -0.2) is 9.59 Å². The lowest BCUT2D eigenvalue weighted by molar-refractivity contribution is 0.0502. The summed E-state index contributed by atoms with van der Waals surface area (Å²) in [7, 11) is 0. The number of allylic oxidation sites excluding steroid dienone is 1. The molecule has 1 unspecified atom stereocenters. The average Bonchev–Trinajstić information content (AvgIpc) is 2.97. The quantitative estimate of drug-likeness (QED) is 0.853. The van der Waals surface area contributed by atoms with Crippen molar-refractivity contribution in [2.24, 2.45) is 5.73 Å². The number of amides is 2. The first kappa shape index (κ1) is 18.0. The van der Waals surface area contributed by atoms with Crippen LogP contribution in [0.1, 0.15) is 45.6 Å². The molecule has 1 atom stereocenters. The minimum absolute atomic E-state index is 0.0262. The van der Waals surface area contributed by atoms with E-state index >= 15 is 0 Å². The van der Waals surface area contributed by atoms with Crippen LogP contribution in [0.4, 0.5) is 9.59 Å². The number of nitrogens with two attached hydrogens (primary N) is 1. The highest BCUT2D eigenvalue weighted by Gasteiger charge is 2.23. The van der Waals surface area contributed by atoms with Crippen LogP contribution in [0.25, 0.3) is 16.5 Å². The van der Waals surface area contributed by atoms with E-state index in [1.807, 2.05) is 45.0 Å². The van der Waals surface area contributed by atoms with Gasteiger partial charge in [-0.3, -0.25) is 4.57 Å². The Kier molecular flexibility index (Phi) is 4.76. The first-order chi connectivity index (χ1) is 12.2. The molecule has 1 aliphatic rings. The van der Waals surface area contributed by atoms with Crippen molar-refractivity contribution in [2.75, 3.05) is 0 Å². The van der Waals surface area contributed by atoms with Gasteiger partial charge in [0.25, 0.3) is 0 Å². The van der Waals surface area contributed by atoms with Gasteiger partial charge in [0.2, 0.25) is 0 Å². The van der Waals surface area contributed by atoms with Crippen molar-refractivity contribution in [2.45, 2.75) is 51.7 Å². The summed E-state index contributed by atoms with van der Waals surface area (Å²) in [6.45, 7) is 5.55. The molecule has 6 nitrogen and oxygen atoms in total. The van der Waals surface area contributed by atoms with E-state index in [4.69, 9.17) is 10.5 Å². The smallest absolute Gasteiger partial charge is 0.407 e. The molecule has 0 fully saturated rings. The number of nitrogens with zero attached hydrogens (tertiary/aromatic N) is 1. The Hall–Kier alpha value is -2.76. The predicted molar refractivity (Wildman–Crippen MR) is 102 cm³/mol. The second kappa shape index (κ2) is 6.86. The summed E-state index contributed by atoms with van der Waals surface area (Å²) in [6.07, 6.45) is 5.98. The van der Waals surface area contributed by atoms with Crippen LogP contribution in [-0.4, -0.2) is 28.3 Å². The van der Waals surface area contributed by atoms with Gasteiger partial charge in [0.15, 0.2) is 0 Å². The lowest BCUT2D eigenvalue weighted by Gasteiger charge is -2.26. The van der Waals surface area contributed by atoms with Gasteiger partial charge in [0.1, 0.15) is 5.60 Å². The molecule has 2 aromatic rings. The van der Waals surface area contributed by atoms with E-state index in [0.717, 1.165) is 41.3 Å². The van der Waals surface area contributed by atoms with Crippen molar-refractivity contribution in [3.05, 3.63) is 42.1 Å². The SMILES string of the molecule is CC(C)(C)OC(=O)NC1CCC=C(c2cccc3c2ccn3C(N)=O)C1. The van der Waals surface area contributed by atoms with Gasteiger partial charge in [-0.15, -0.1) is 0 Å². The van der Waals surface area contributed by atoms with Crippen molar-refractivity contribution >= 4 is 28.6 Å². The maximum atomic E-state index is 12.1. The summed E-state index contributed by atoms with van der Waals surface area (Å²) in [5.74, 6) is 0. The zero-order valence-corrected chi connectivity index (χ0v) is 15.4. The van der Waals surface area contributed by atoms with Crippen molar-refractivity contribution in [3.8, 4) is 0 Å². The van der Waals surface area contributed by atoms with Gasteiger partial charge >= 0.3 is 12.1 Å². The molecule has 3 rings (SSSR count). The molecule has 2 amide bonds. The van der Waals surface area contributed by atoms with E-state index < -0.39 is 11.6 Å².